The number of fused-ring (bicyclic) bond motifs is 15. The van der Waals surface area contributed by atoms with Crippen molar-refractivity contribution in [1.82, 2.24) is 62.7 Å². The van der Waals surface area contributed by atoms with Crippen LogP contribution in [0.15, 0.2) is 292 Å². The first-order valence-corrected chi connectivity index (χ1v) is 32.4. The zero-order chi connectivity index (χ0) is 65.6. The van der Waals surface area contributed by atoms with Gasteiger partial charge in [0.05, 0.1) is 83.6 Å². The van der Waals surface area contributed by atoms with Gasteiger partial charge in [-0.1, -0.05) is 109 Å². The zero-order valence-corrected chi connectivity index (χ0v) is 52.2. The molecule has 0 bridgehead atoms. The molecule has 9 aromatic heterocycles. The summed E-state index contributed by atoms with van der Waals surface area (Å²) in [6, 6.07) is 78.7. The lowest BCUT2D eigenvalue weighted by molar-refractivity contribution is -0.137. The maximum absolute atomic E-state index is 19.4. The molecular weight excluding hydrogens is 1240 g/mol. The third-order valence-corrected chi connectivity index (χ3v) is 19.3. The van der Waals surface area contributed by atoms with E-state index in [4.69, 9.17) is 39.9 Å². The second-order valence-corrected chi connectivity index (χ2v) is 24.6. The summed E-state index contributed by atoms with van der Waals surface area (Å²) in [4.78, 5) is 37.9. The van der Waals surface area contributed by atoms with Crippen molar-refractivity contribution in [3.05, 3.63) is 298 Å². The minimum absolute atomic E-state index is 0.116. The summed E-state index contributed by atoms with van der Waals surface area (Å²) in [5.41, 5.74) is 8.76. The van der Waals surface area contributed by atoms with Crippen molar-refractivity contribution >= 4 is 109 Å². The second-order valence-electron chi connectivity index (χ2n) is 24.6. The van der Waals surface area contributed by atoms with Crippen LogP contribution in [0.1, 0.15) is 5.56 Å². The summed E-state index contributed by atoms with van der Waals surface area (Å²) >= 11 is 0. The first kappa shape index (κ1) is 55.9. The minimum atomic E-state index is -5.17. The van der Waals surface area contributed by atoms with E-state index in [2.05, 4.69) is 38.0 Å². The molecule has 20 rings (SSSR count). The van der Waals surface area contributed by atoms with E-state index in [1.54, 1.807) is 73.8 Å². The fraction of sp³-hybridized carbons (Fsp3) is 0.0120. The summed E-state index contributed by atoms with van der Waals surface area (Å²) in [5.74, 6) is 1.92. The van der Waals surface area contributed by atoms with Crippen molar-refractivity contribution in [1.29, 1.82) is 0 Å². The van der Waals surface area contributed by atoms with Crippen LogP contribution in [0.4, 0.5) is 13.2 Å². The normalized spacial score (nSPS) is 12.2. The Labute approximate surface area is 559 Å². The van der Waals surface area contributed by atoms with E-state index >= 15 is 13.2 Å². The van der Waals surface area contributed by atoms with E-state index in [-0.39, 0.29) is 22.7 Å². The Morgan fingerprint density at radius 3 is 0.616 bits per heavy atom. The van der Waals surface area contributed by atoms with E-state index < -0.39 is 11.7 Å². The van der Waals surface area contributed by atoms with Gasteiger partial charge in [-0.2, -0.15) is 13.2 Å². The van der Waals surface area contributed by atoms with Crippen LogP contribution in [-0.2, 0) is 6.18 Å². The molecule has 0 aliphatic carbocycles. The zero-order valence-electron chi connectivity index (χ0n) is 52.2. The number of halogens is 3. The highest BCUT2D eigenvalue weighted by molar-refractivity contribution is 6.19. The Balaban J connectivity index is 1.12. The summed E-state index contributed by atoms with van der Waals surface area (Å²) in [7, 11) is 0. The molecule has 0 amide bonds. The number of benzene rings is 11. The van der Waals surface area contributed by atoms with E-state index in [0.29, 0.717) is 95.4 Å². The van der Waals surface area contributed by atoms with Crippen molar-refractivity contribution in [3.8, 4) is 74.0 Å². The van der Waals surface area contributed by atoms with Crippen LogP contribution in [0.25, 0.3) is 183 Å². The Morgan fingerprint density at radius 2 is 0.394 bits per heavy atom. The number of rotatable bonds is 9. The minimum Gasteiger partial charge on any atom is -0.306 e. The molecule has 99 heavy (non-hydrogen) atoms. The molecule has 0 aliphatic heterocycles. The van der Waals surface area contributed by atoms with E-state index in [0.717, 1.165) is 64.9 Å². The molecule has 13 nitrogen and oxygen atoms in total. The third kappa shape index (κ3) is 8.35. The van der Waals surface area contributed by atoms with Gasteiger partial charge in [-0.15, -0.1) is 0 Å². The Morgan fingerprint density at radius 1 is 0.202 bits per heavy atom. The number of aromatic nitrogens is 13. The van der Waals surface area contributed by atoms with Crippen molar-refractivity contribution in [2.75, 3.05) is 0 Å². The Bertz CT molecular complexity index is 6020. The first-order valence-electron chi connectivity index (χ1n) is 32.4. The average molecular weight is 1280 g/mol. The summed E-state index contributed by atoms with van der Waals surface area (Å²) < 4.78 is 68.4. The number of alkyl halides is 3. The third-order valence-electron chi connectivity index (χ3n) is 19.3. The topological polar surface area (TPSA) is 128 Å². The van der Waals surface area contributed by atoms with Crippen LogP contribution in [0.2, 0.25) is 0 Å². The van der Waals surface area contributed by atoms with Gasteiger partial charge in [-0.25, -0.2) is 39.9 Å². The molecule has 11 aromatic carbocycles. The predicted octanol–water partition coefficient (Wildman–Crippen LogP) is 20.0. The quantitative estimate of drug-likeness (QED) is 0.140. The molecule has 0 spiro atoms. The van der Waals surface area contributed by atoms with Crippen molar-refractivity contribution in [3.63, 3.8) is 0 Å². The largest absolute Gasteiger partial charge is 0.420 e. The standard InChI is InChI=1S/C83H48F3N13/c84-83(85,86)73-74(95-63-23-7-1-17-53(63)54-18-2-8-24-64(54)95)76(98-69-33-29-49(79-87-37-13-38-88-79)45-59(69)60-46-50(30-34-70(60)98)80-89-39-14-40-90-80)78(97-67-27-11-5-21-57(67)58-22-6-12-28-68(58)97)77(75(73)96-65-25-9-3-19-55(65)56-20-4-10-26-66(56)96)99-71-35-31-51(81-91-41-15-42-92-81)47-61(71)62-48-52(32-36-72(62)99)82-93-43-16-44-94-82/h1-48H. The van der Waals surface area contributed by atoms with E-state index in [1.165, 1.54) is 0 Å². The van der Waals surface area contributed by atoms with Gasteiger partial charge in [-0.05, 0) is 133 Å². The van der Waals surface area contributed by atoms with Crippen molar-refractivity contribution in [2.24, 2.45) is 0 Å². The molecule has 0 aliphatic rings. The molecule has 0 unspecified atom stereocenters. The maximum atomic E-state index is 19.4. The number of para-hydroxylation sites is 6. The molecule has 0 radical (unpaired) electrons. The lowest BCUT2D eigenvalue weighted by Crippen LogP contribution is -2.23. The average Bonchev–Trinajstić information content (AvgIpc) is 1.57. The molecule has 9 heterocycles. The van der Waals surface area contributed by atoms with Gasteiger partial charge in [0.25, 0.3) is 0 Å². The van der Waals surface area contributed by atoms with E-state index in [9.17, 15) is 0 Å². The molecule has 0 N–H and O–H groups in total. The molecule has 0 atom stereocenters. The van der Waals surface area contributed by atoms with Crippen LogP contribution in [-0.4, -0.2) is 62.7 Å². The van der Waals surface area contributed by atoms with Crippen LogP contribution in [0.5, 0.6) is 0 Å². The Kier molecular flexibility index (Phi) is 12.2. The Hall–Kier alpha value is -13.5. The van der Waals surface area contributed by atoms with Gasteiger partial charge in [-0.3, -0.25) is 0 Å². The second kappa shape index (κ2) is 21.5. The van der Waals surface area contributed by atoms with E-state index in [1.807, 2.05) is 203 Å². The lowest BCUT2D eigenvalue weighted by Gasteiger charge is -2.32. The smallest absolute Gasteiger partial charge is 0.306 e. The summed E-state index contributed by atoms with van der Waals surface area (Å²) in [5, 5.41) is 7.76. The van der Waals surface area contributed by atoms with Gasteiger partial charge in [0.1, 0.15) is 5.56 Å². The van der Waals surface area contributed by atoms with Crippen molar-refractivity contribution in [2.45, 2.75) is 6.18 Å². The summed E-state index contributed by atoms with van der Waals surface area (Å²) in [6.45, 7) is 0. The highest BCUT2D eigenvalue weighted by atomic mass is 19.4. The lowest BCUT2D eigenvalue weighted by atomic mass is 9.99. The molecular formula is C83H48F3N13. The highest BCUT2D eigenvalue weighted by Crippen LogP contribution is 2.56. The highest BCUT2D eigenvalue weighted by Gasteiger charge is 2.46. The molecule has 20 aromatic rings. The van der Waals surface area contributed by atoms with Gasteiger partial charge < -0.3 is 22.8 Å². The molecule has 0 saturated heterocycles. The fourth-order valence-electron chi connectivity index (χ4n) is 15.4. The van der Waals surface area contributed by atoms with Crippen LogP contribution < -0.4 is 0 Å². The van der Waals surface area contributed by atoms with Crippen LogP contribution >= 0.6 is 0 Å². The number of nitrogens with zero attached hydrogens (tertiary/aromatic N) is 13. The van der Waals surface area contributed by atoms with Crippen molar-refractivity contribution < 1.29 is 13.2 Å². The molecule has 16 heteroatoms. The monoisotopic (exact) mass is 1280 g/mol. The molecule has 0 fully saturated rings. The molecule has 466 valence electrons. The van der Waals surface area contributed by atoms with Gasteiger partial charge in [0, 0.05) is 126 Å². The van der Waals surface area contributed by atoms with Crippen LogP contribution in [0, 0.1) is 0 Å². The van der Waals surface area contributed by atoms with Crippen LogP contribution in [0.3, 0.4) is 0 Å². The first-order chi connectivity index (χ1) is 48.8. The number of hydrogen-bond acceptors (Lipinski definition) is 8. The number of hydrogen-bond donors (Lipinski definition) is 0. The predicted molar refractivity (Wildman–Crippen MR) is 387 cm³/mol. The maximum Gasteiger partial charge on any atom is 0.420 e. The molecule has 0 saturated carbocycles. The van der Waals surface area contributed by atoms with Gasteiger partial charge in [0.2, 0.25) is 0 Å². The van der Waals surface area contributed by atoms with Gasteiger partial charge in [0.15, 0.2) is 23.3 Å². The SMILES string of the molecule is FC(F)(F)c1c(-n2c3ccccc3c3ccccc32)c(-n2c3ccc(-c4ncccn4)cc3c3cc(-c4ncccn4)ccc32)c(-n2c3ccccc3c3ccccc32)c(-n2c3ccc(-c4ncccn4)cc3c3cc(-c4ncccn4)ccc32)c1-n1c2ccccc2c2ccccc21. The summed E-state index contributed by atoms with van der Waals surface area (Å²) in [6.07, 6.45) is 8.47. The van der Waals surface area contributed by atoms with Gasteiger partial charge >= 0.3 is 6.18 Å². The fourth-order valence-corrected chi connectivity index (χ4v) is 15.4.